The summed E-state index contributed by atoms with van der Waals surface area (Å²) >= 11 is 1.31. The van der Waals surface area contributed by atoms with Gasteiger partial charge in [0.05, 0.1) is 22.6 Å². The third-order valence-corrected chi connectivity index (χ3v) is 5.62. The molecule has 0 atom stereocenters. The van der Waals surface area contributed by atoms with E-state index in [2.05, 4.69) is 15.6 Å². The van der Waals surface area contributed by atoms with Crippen molar-refractivity contribution in [2.24, 2.45) is 0 Å². The minimum atomic E-state index is -0.377. The highest BCUT2D eigenvalue weighted by Gasteiger charge is 2.25. The first-order chi connectivity index (χ1) is 15.5. The van der Waals surface area contributed by atoms with E-state index in [0.717, 1.165) is 18.5 Å². The largest absolute Gasteiger partial charge is 0.349 e. The lowest BCUT2D eigenvalue weighted by Crippen LogP contribution is -2.26. The zero-order valence-corrected chi connectivity index (χ0v) is 18.3. The number of benzene rings is 2. The molecule has 162 valence electrons. The molecular weight excluding hydrogens is 424 g/mol. The SMILES string of the molecule is CC(=O)N(c1ccccc1)c1nc(C=CC(=O)Nc2ccccc2C(=O)NC2CC2)cs1. The Bertz CT molecular complexity index is 1170. The van der Waals surface area contributed by atoms with Gasteiger partial charge in [-0.2, -0.15) is 0 Å². The van der Waals surface area contributed by atoms with E-state index in [1.165, 1.54) is 29.2 Å². The number of aromatic nitrogens is 1. The van der Waals surface area contributed by atoms with Crippen LogP contribution >= 0.6 is 11.3 Å². The number of nitrogens with one attached hydrogen (secondary N) is 2. The first kappa shape index (κ1) is 21.5. The number of anilines is 3. The van der Waals surface area contributed by atoms with Crippen LogP contribution in [0.2, 0.25) is 0 Å². The molecular formula is C24H22N4O3S. The Balaban J connectivity index is 1.44. The van der Waals surface area contributed by atoms with Crippen LogP contribution in [-0.4, -0.2) is 28.7 Å². The van der Waals surface area contributed by atoms with Gasteiger partial charge < -0.3 is 10.6 Å². The van der Waals surface area contributed by atoms with Crippen LogP contribution in [0.25, 0.3) is 6.08 Å². The molecule has 1 aliphatic rings. The van der Waals surface area contributed by atoms with Crippen LogP contribution in [0.3, 0.4) is 0 Å². The zero-order chi connectivity index (χ0) is 22.5. The quantitative estimate of drug-likeness (QED) is 0.527. The smallest absolute Gasteiger partial charge is 0.253 e. The topological polar surface area (TPSA) is 91.4 Å². The molecule has 1 heterocycles. The standard InChI is InChI=1S/C24H22N4O3S/c1-16(29)28(19-7-3-2-4-8-19)24-26-18(15-32-24)13-14-22(30)27-21-10-6-5-9-20(21)23(31)25-17-11-12-17/h2-10,13-15,17H,11-12H2,1H3,(H,25,31)(H,27,30). The Morgan fingerprint density at radius 3 is 2.50 bits per heavy atom. The summed E-state index contributed by atoms with van der Waals surface area (Å²) in [4.78, 5) is 43.0. The zero-order valence-electron chi connectivity index (χ0n) is 17.4. The van der Waals surface area contributed by atoms with Gasteiger partial charge in [0.15, 0.2) is 5.13 Å². The lowest BCUT2D eigenvalue weighted by Gasteiger charge is -2.17. The Morgan fingerprint density at radius 1 is 1.06 bits per heavy atom. The predicted octanol–water partition coefficient (Wildman–Crippen LogP) is 4.37. The van der Waals surface area contributed by atoms with Gasteiger partial charge in [0.2, 0.25) is 11.8 Å². The maximum atomic E-state index is 12.4. The first-order valence-corrected chi connectivity index (χ1v) is 11.1. The van der Waals surface area contributed by atoms with Gasteiger partial charge in [-0.15, -0.1) is 11.3 Å². The molecule has 1 aromatic heterocycles. The monoisotopic (exact) mass is 446 g/mol. The number of para-hydroxylation sites is 2. The molecule has 0 radical (unpaired) electrons. The fraction of sp³-hybridized carbons (Fsp3) is 0.167. The minimum Gasteiger partial charge on any atom is -0.349 e. The lowest BCUT2D eigenvalue weighted by atomic mass is 10.1. The molecule has 1 saturated carbocycles. The molecule has 1 fully saturated rings. The van der Waals surface area contributed by atoms with Gasteiger partial charge in [-0.3, -0.25) is 19.3 Å². The van der Waals surface area contributed by atoms with Crippen molar-refractivity contribution < 1.29 is 14.4 Å². The predicted molar refractivity (Wildman–Crippen MR) is 126 cm³/mol. The molecule has 4 rings (SSSR count). The van der Waals surface area contributed by atoms with Crippen molar-refractivity contribution in [2.45, 2.75) is 25.8 Å². The van der Waals surface area contributed by atoms with E-state index >= 15 is 0 Å². The van der Waals surface area contributed by atoms with Crippen molar-refractivity contribution in [3.63, 3.8) is 0 Å². The first-order valence-electron chi connectivity index (χ1n) is 10.2. The molecule has 32 heavy (non-hydrogen) atoms. The van der Waals surface area contributed by atoms with Gasteiger partial charge >= 0.3 is 0 Å². The van der Waals surface area contributed by atoms with Crippen LogP contribution in [0.5, 0.6) is 0 Å². The number of amides is 3. The van der Waals surface area contributed by atoms with E-state index < -0.39 is 0 Å². The van der Waals surface area contributed by atoms with Gasteiger partial charge in [0, 0.05) is 24.4 Å². The van der Waals surface area contributed by atoms with Crippen LogP contribution in [0.1, 0.15) is 35.8 Å². The highest BCUT2D eigenvalue weighted by molar-refractivity contribution is 7.14. The molecule has 3 aromatic rings. The summed E-state index contributed by atoms with van der Waals surface area (Å²) in [7, 11) is 0. The molecule has 0 aliphatic heterocycles. The van der Waals surface area contributed by atoms with Crippen LogP contribution < -0.4 is 15.5 Å². The summed E-state index contributed by atoms with van der Waals surface area (Å²) in [5, 5.41) is 7.97. The van der Waals surface area contributed by atoms with Gasteiger partial charge in [-0.25, -0.2) is 4.98 Å². The second-order valence-corrected chi connectivity index (χ2v) is 8.20. The van der Waals surface area contributed by atoms with Crippen molar-refractivity contribution in [3.05, 3.63) is 77.3 Å². The lowest BCUT2D eigenvalue weighted by molar-refractivity contribution is -0.116. The maximum Gasteiger partial charge on any atom is 0.253 e. The number of carbonyl (C=O) groups is 3. The fourth-order valence-electron chi connectivity index (χ4n) is 3.08. The second-order valence-electron chi connectivity index (χ2n) is 7.36. The summed E-state index contributed by atoms with van der Waals surface area (Å²) in [5.74, 6) is -0.723. The average Bonchev–Trinajstić information content (AvgIpc) is 3.48. The van der Waals surface area contributed by atoms with Gasteiger partial charge in [0.25, 0.3) is 5.91 Å². The van der Waals surface area contributed by atoms with Crippen LogP contribution in [0.15, 0.2) is 66.1 Å². The summed E-state index contributed by atoms with van der Waals surface area (Å²) in [5.41, 5.74) is 2.16. The van der Waals surface area contributed by atoms with E-state index in [0.29, 0.717) is 22.1 Å². The van der Waals surface area contributed by atoms with Gasteiger partial charge in [-0.05, 0) is 43.2 Å². The van der Waals surface area contributed by atoms with E-state index in [1.54, 1.807) is 35.7 Å². The Hall–Kier alpha value is -3.78. The van der Waals surface area contributed by atoms with Crippen molar-refractivity contribution in [2.75, 3.05) is 10.2 Å². The van der Waals surface area contributed by atoms with Crippen molar-refractivity contribution in [1.82, 2.24) is 10.3 Å². The van der Waals surface area contributed by atoms with E-state index in [1.807, 2.05) is 30.3 Å². The third kappa shape index (κ3) is 5.28. The molecule has 7 nitrogen and oxygen atoms in total. The van der Waals surface area contributed by atoms with Crippen LogP contribution in [-0.2, 0) is 9.59 Å². The molecule has 0 spiro atoms. The van der Waals surface area contributed by atoms with Crippen molar-refractivity contribution >= 4 is 51.6 Å². The van der Waals surface area contributed by atoms with Gasteiger partial charge in [0.1, 0.15) is 0 Å². The summed E-state index contributed by atoms with van der Waals surface area (Å²) in [6.07, 6.45) is 4.91. The average molecular weight is 447 g/mol. The molecule has 8 heteroatoms. The van der Waals surface area contributed by atoms with Crippen molar-refractivity contribution in [3.8, 4) is 0 Å². The number of hydrogen-bond acceptors (Lipinski definition) is 5. The summed E-state index contributed by atoms with van der Waals surface area (Å²) < 4.78 is 0. The number of nitrogens with zero attached hydrogens (tertiary/aromatic N) is 2. The van der Waals surface area contributed by atoms with Crippen molar-refractivity contribution in [1.29, 1.82) is 0 Å². The second kappa shape index (κ2) is 9.57. The van der Waals surface area contributed by atoms with E-state index in [-0.39, 0.29) is 23.8 Å². The Labute approximate surface area is 189 Å². The number of rotatable bonds is 7. The Kier molecular flexibility index (Phi) is 6.42. The summed E-state index contributed by atoms with van der Waals surface area (Å²) in [6, 6.07) is 16.4. The molecule has 1 aliphatic carbocycles. The molecule has 0 unspecified atom stereocenters. The molecule has 3 amide bonds. The Morgan fingerprint density at radius 2 is 1.78 bits per heavy atom. The van der Waals surface area contributed by atoms with Crippen LogP contribution in [0.4, 0.5) is 16.5 Å². The highest BCUT2D eigenvalue weighted by Crippen LogP contribution is 2.29. The normalized spacial score (nSPS) is 13.0. The highest BCUT2D eigenvalue weighted by atomic mass is 32.1. The molecule has 0 saturated heterocycles. The number of carbonyl (C=O) groups excluding carboxylic acids is 3. The van der Waals surface area contributed by atoms with E-state index in [9.17, 15) is 14.4 Å². The fourth-order valence-corrected chi connectivity index (χ4v) is 3.93. The molecule has 0 bridgehead atoms. The molecule has 2 aromatic carbocycles. The van der Waals surface area contributed by atoms with Gasteiger partial charge in [-0.1, -0.05) is 30.3 Å². The maximum absolute atomic E-state index is 12.4. The minimum absolute atomic E-state index is 0.153. The van der Waals surface area contributed by atoms with E-state index in [4.69, 9.17) is 0 Å². The number of thiazole rings is 1. The molecule has 2 N–H and O–H groups in total. The number of hydrogen-bond donors (Lipinski definition) is 2. The summed E-state index contributed by atoms with van der Waals surface area (Å²) in [6.45, 7) is 1.48. The third-order valence-electron chi connectivity index (χ3n) is 4.78. The van der Waals surface area contributed by atoms with Crippen LogP contribution in [0, 0.1) is 0 Å².